The number of nitrogens with one attached hydrogen (secondary N) is 3. The summed E-state index contributed by atoms with van der Waals surface area (Å²) in [6, 6.07) is 6.51. The summed E-state index contributed by atoms with van der Waals surface area (Å²) >= 11 is 6.20. The highest BCUT2D eigenvalue weighted by atomic mass is 35.5. The molecule has 2 aliphatic rings. The minimum atomic E-state index is -0.950. The van der Waals surface area contributed by atoms with E-state index in [0.29, 0.717) is 17.1 Å². The second-order valence-electron chi connectivity index (χ2n) is 9.12. The quantitative estimate of drug-likeness (QED) is 0.717. The molecule has 1 aromatic carbocycles. The van der Waals surface area contributed by atoms with Crippen molar-refractivity contribution in [3.05, 3.63) is 52.9 Å². The zero-order chi connectivity index (χ0) is 21.0. The number of rotatable bonds is 3. The smallest absolute Gasteiger partial charge is 0.237 e. The minimum Gasteiger partial charge on any atom is -0.472 e. The maximum atomic E-state index is 13.7. The van der Waals surface area contributed by atoms with Crippen molar-refractivity contribution in [2.75, 3.05) is 12.4 Å². The molecule has 1 spiro atoms. The van der Waals surface area contributed by atoms with Crippen LogP contribution in [0.15, 0.2) is 41.2 Å². The van der Waals surface area contributed by atoms with Crippen LogP contribution in [0.2, 0.25) is 5.02 Å². The van der Waals surface area contributed by atoms with E-state index in [9.17, 15) is 9.59 Å². The molecular formula is C22H26ClN3O3. The highest BCUT2D eigenvalue weighted by Gasteiger charge is 2.65. The summed E-state index contributed by atoms with van der Waals surface area (Å²) in [5.74, 6) is -0.688. The predicted octanol–water partition coefficient (Wildman–Crippen LogP) is 3.43. The van der Waals surface area contributed by atoms with Gasteiger partial charge in [0.2, 0.25) is 11.8 Å². The van der Waals surface area contributed by atoms with Gasteiger partial charge in [0.05, 0.1) is 18.6 Å². The zero-order valence-corrected chi connectivity index (χ0v) is 17.8. The average Bonchev–Trinajstić information content (AvgIpc) is 3.32. The van der Waals surface area contributed by atoms with E-state index < -0.39 is 17.4 Å². The summed E-state index contributed by atoms with van der Waals surface area (Å²) in [7, 11) is 1.61. The van der Waals surface area contributed by atoms with Crippen molar-refractivity contribution in [2.24, 2.45) is 5.41 Å². The van der Waals surface area contributed by atoms with Crippen molar-refractivity contribution >= 4 is 29.1 Å². The number of carbonyl (C=O) groups is 2. The second-order valence-corrected chi connectivity index (χ2v) is 9.56. The summed E-state index contributed by atoms with van der Waals surface area (Å²) in [6.07, 6.45) is 3.92. The lowest BCUT2D eigenvalue weighted by Gasteiger charge is -2.37. The molecule has 2 amide bonds. The summed E-state index contributed by atoms with van der Waals surface area (Å²) in [5.41, 5.74) is 1.38. The molecular weight excluding hydrogens is 390 g/mol. The number of fused-ring (bicyclic) bond motifs is 2. The van der Waals surface area contributed by atoms with Gasteiger partial charge in [-0.15, -0.1) is 0 Å². The van der Waals surface area contributed by atoms with Crippen LogP contribution in [-0.4, -0.2) is 30.9 Å². The maximum absolute atomic E-state index is 13.7. The van der Waals surface area contributed by atoms with Crippen LogP contribution in [0, 0.1) is 5.41 Å². The van der Waals surface area contributed by atoms with Gasteiger partial charge in [0.1, 0.15) is 5.41 Å². The molecule has 0 saturated carbocycles. The molecule has 3 N–H and O–H groups in total. The van der Waals surface area contributed by atoms with E-state index in [1.807, 2.05) is 12.1 Å². The van der Waals surface area contributed by atoms with Gasteiger partial charge in [-0.25, -0.2) is 0 Å². The Morgan fingerprint density at radius 2 is 2.07 bits per heavy atom. The number of halogens is 1. The Labute approximate surface area is 175 Å². The van der Waals surface area contributed by atoms with Crippen molar-refractivity contribution < 1.29 is 14.0 Å². The first-order chi connectivity index (χ1) is 13.7. The lowest BCUT2D eigenvalue weighted by atomic mass is 9.63. The Hall–Kier alpha value is -2.31. The fourth-order valence-electron chi connectivity index (χ4n) is 5.03. The number of benzene rings is 1. The average molecular weight is 416 g/mol. The lowest BCUT2D eigenvalue weighted by molar-refractivity contribution is -0.123. The molecule has 6 nitrogen and oxygen atoms in total. The number of likely N-dealkylation sites (N-methyl/N-ethyl adjacent to an activating group) is 1. The van der Waals surface area contributed by atoms with Gasteiger partial charge < -0.3 is 20.4 Å². The number of hydrogen-bond donors (Lipinski definition) is 3. The summed E-state index contributed by atoms with van der Waals surface area (Å²) < 4.78 is 5.36. The van der Waals surface area contributed by atoms with E-state index in [1.54, 1.807) is 31.7 Å². The Morgan fingerprint density at radius 3 is 2.69 bits per heavy atom. The van der Waals surface area contributed by atoms with Crippen molar-refractivity contribution in [1.82, 2.24) is 10.6 Å². The van der Waals surface area contributed by atoms with E-state index in [4.69, 9.17) is 16.0 Å². The third-order valence-corrected chi connectivity index (χ3v) is 6.29. The molecule has 1 aromatic heterocycles. The van der Waals surface area contributed by atoms with Crippen LogP contribution in [0.5, 0.6) is 0 Å². The monoisotopic (exact) mass is 415 g/mol. The van der Waals surface area contributed by atoms with Gasteiger partial charge >= 0.3 is 0 Å². The van der Waals surface area contributed by atoms with Gasteiger partial charge in [0, 0.05) is 29.7 Å². The summed E-state index contributed by atoms with van der Waals surface area (Å²) in [6.45, 7) is 6.41. The van der Waals surface area contributed by atoms with E-state index in [1.165, 1.54) is 0 Å². The van der Waals surface area contributed by atoms with Crippen molar-refractivity contribution in [3.8, 4) is 0 Å². The van der Waals surface area contributed by atoms with Gasteiger partial charge in [0.15, 0.2) is 0 Å². The molecule has 154 valence electrons. The molecule has 29 heavy (non-hydrogen) atoms. The lowest BCUT2D eigenvalue weighted by Crippen LogP contribution is -2.49. The van der Waals surface area contributed by atoms with E-state index in [2.05, 4.69) is 36.7 Å². The molecule has 0 bridgehead atoms. The molecule has 2 aliphatic heterocycles. The molecule has 2 aromatic rings. The first-order valence-corrected chi connectivity index (χ1v) is 10.2. The van der Waals surface area contributed by atoms with Crippen LogP contribution in [0.25, 0.3) is 0 Å². The summed E-state index contributed by atoms with van der Waals surface area (Å²) in [5, 5.41) is 9.85. The minimum absolute atomic E-state index is 0.0569. The Morgan fingerprint density at radius 1 is 1.31 bits per heavy atom. The number of furan rings is 1. The largest absolute Gasteiger partial charge is 0.472 e. The van der Waals surface area contributed by atoms with Crippen LogP contribution < -0.4 is 16.0 Å². The van der Waals surface area contributed by atoms with Gasteiger partial charge in [-0.3, -0.25) is 9.59 Å². The van der Waals surface area contributed by atoms with Gasteiger partial charge in [-0.1, -0.05) is 38.4 Å². The maximum Gasteiger partial charge on any atom is 0.237 e. The molecule has 4 unspecified atom stereocenters. The SMILES string of the molecule is CNC(=O)C1NC(CC(C)(C)C)C2(C(=O)Nc3cc(Cl)ccc32)C1c1ccoc1. The third-order valence-electron chi connectivity index (χ3n) is 6.05. The Bertz CT molecular complexity index is 951. The first kappa shape index (κ1) is 20.0. The highest BCUT2D eigenvalue weighted by Crippen LogP contribution is 2.56. The predicted molar refractivity (Wildman–Crippen MR) is 112 cm³/mol. The van der Waals surface area contributed by atoms with Crippen LogP contribution >= 0.6 is 11.6 Å². The third kappa shape index (κ3) is 3.06. The van der Waals surface area contributed by atoms with Crippen LogP contribution in [-0.2, 0) is 15.0 Å². The van der Waals surface area contributed by atoms with E-state index >= 15 is 0 Å². The fraction of sp³-hybridized carbons (Fsp3) is 0.455. The van der Waals surface area contributed by atoms with Gasteiger partial charge in [-0.2, -0.15) is 0 Å². The van der Waals surface area contributed by atoms with Gasteiger partial charge in [0.25, 0.3) is 0 Å². The molecule has 1 fully saturated rings. The topological polar surface area (TPSA) is 83.4 Å². The zero-order valence-electron chi connectivity index (χ0n) is 17.0. The molecule has 1 saturated heterocycles. The van der Waals surface area contributed by atoms with Crippen molar-refractivity contribution in [2.45, 2.75) is 50.6 Å². The molecule has 4 atom stereocenters. The molecule has 0 aliphatic carbocycles. The van der Waals surface area contributed by atoms with Crippen LogP contribution in [0.1, 0.15) is 44.2 Å². The first-order valence-electron chi connectivity index (χ1n) is 9.79. The number of amides is 2. The molecule has 7 heteroatoms. The van der Waals surface area contributed by atoms with Crippen molar-refractivity contribution in [1.29, 1.82) is 0 Å². The normalized spacial score (nSPS) is 28.4. The van der Waals surface area contributed by atoms with Crippen LogP contribution in [0.4, 0.5) is 5.69 Å². The highest BCUT2D eigenvalue weighted by molar-refractivity contribution is 6.31. The Balaban J connectivity index is 1.97. The second kappa shape index (κ2) is 6.89. The van der Waals surface area contributed by atoms with Crippen LogP contribution in [0.3, 0.4) is 0 Å². The molecule has 3 heterocycles. The van der Waals surface area contributed by atoms with Gasteiger partial charge in [-0.05, 0) is 41.2 Å². The molecule has 0 radical (unpaired) electrons. The fourth-order valence-corrected chi connectivity index (χ4v) is 5.20. The number of anilines is 1. The Kier molecular flexibility index (Phi) is 4.74. The molecule has 4 rings (SSSR count). The van der Waals surface area contributed by atoms with E-state index in [0.717, 1.165) is 11.1 Å². The number of hydrogen-bond acceptors (Lipinski definition) is 4. The van der Waals surface area contributed by atoms with E-state index in [-0.39, 0.29) is 23.3 Å². The standard InChI is InChI=1S/C22H26ClN3O3/c1-21(2,3)10-16-22(14-6-5-13(23)9-15(14)25-20(22)28)17(12-7-8-29-11-12)18(26-16)19(27)24-4/h5-9,11,16-18,26H,10H2,1-4H3,(H,24,27)(H,25,28). The summed E-state index contributed by atoms with van der Waals surface area (Å²) in [4.78, 5) is 26.6. The van der Waals surface area contributed by atoms with Crippen molar-refractivity contribution in [3.63, 3.8) is 0 Å². The number of carbonyl (C=O) groups excluding carboxylic acids is 2.